The number of rotatable bonds is 0. The molecule has 4 atom stereocenters. The molecule has 19 heavy (non-hydrogen) atoms. The molecule has 0 amide bonds. The van der Waals surface area contributed by atoms with Crippen molar-refractivity contribution in [3.05, 3.63) is 35.4 Å². The molecule has 1 aromatic rings. The van der Waals surface area contributed by atoms with Gasteiger partial charge in [0.25, 0.3) is 0 Å². The fourth-order valence-corrected chi connectivity index (χ4v) is 5.68. The molecule has 0 saturated heterocycles. The van der Waals surface area contributed by atoms with Crippen LogP contribution in [0.2, 0.25) is 0 Å². The second kappa shape index (κ2) is 4.36. The molecule has 2 fully saturated rings. The SMILES string of the molecule is C[C@@]12CCCC[C@H]1[C@@H]1CCc3ccccc3[C@H]1CC2. The van der Waals surface area contributed by atoms with Crippen molar-refractivity contribution in [1.82, 2.24) is 0 Å². The maximum atomic E-state index is 2.60. The Labute approximate surface area is 117 Å². The number of aryl methyl sites for hydroxylation is 1. The first kappa shape index (κ1) is 12.0. The van der Waals surface area contributed by atoms with Gasteiger partial charge in [-0.1, -0.05) is 44.0 Å². The van der Waals surface area contributed by atoms with E-state index in [1.165, 1.54) is 51.4 Å². The molecule has 0 heterocycles. The first-order valence-corrected chi connectivity index (χ1v) is 8.36. The van der Waals surface area contributed by atoms with Crippen LogP contribution in [0.4, 0.5) is 0 Å². The van der Waals surface area contributed by atoms with Gasteiger partial charge in [-0.2, -0.15) is 0 Å². The molecule has 2 saturated carbocycles. The summed E-state index contributed by atoms with van der Waals surface area (Å²) in [5.74, 6) is 2.91. The summed E-state index contributed by atoms with van der Waals surface area (Å²) in [7, 11) is 0. The van der Waals surface area contributed by atoms with Gasteiger partial charge < -0.3 is 0 Å². The summed E-state index contributed by atoms with van der Waals surface area (Å²) in [4.78, 5) is 0. The van der Waals surface area contributed by atoms with Crippen molar-refractivity contribution in [2.45, 2.75) is 64.2 Å². The van der Waals surface area contributed by atoms with E-state index in [2.05, 4.69) is 31.2 Å². The quantitative estimate of drug-likeness (QED) is 0.587. The Hall–Kier alpha value is -0.780. The van der Waals surface area contributed by atoms with E-state index in [9.17, 15) is 0 Å². The van der Waals surface area contributed by atoms with Crippen LogP contribution in [0.5, 0.6) is 0 Å². The molecule has 3 aliphatic carbocycles. The highest BCUT2D eigenvalue weighted by Crippen LogP contribution is 2.59. The maximum absolute atomic E-state index is 2.60. The van der Waals surface area contributed by atoms with E-state index in [1.54, 1.807) is 11.1 Å². The molecule has 0 bridgehead atoms. The van der Waals surface area contributed by atoms with Crippen LogP contribution < -0.4 is 0 Å². The van der Waals surface area contributed by atoms with E-state index in [1.807, 2.05) is 0 Å². The third-order valence-corrected chi connectivity index (χ3v) is 6.67. The summed E-state index contributed by atoms with van der Waals surface area (Å²) in [6.07, 6.45) is 11.7. The maximum Gasteiger partial charge on any atom is -0.0128 e. The lowest BCUT2D eigenvalue weighted by Crippen LogP contribution is -2.44. The van der Waals surface area contributed by atoms with Crippen molar-refractivity contribution < 1.29 is 0 Å². The van der Waals surface area contributed by atoms with E-state index < -0.39 is 0 Å². The van der Waals surface area contributed by atoms with E-state index >= 15 is 0 Å². The Bertz CT molecular complexity index is 475. The van der Waals surface area contributed by atoms with Crippen LogP contribution in [0.1, 0.15) is 68.9 Å². The Morgan fingerprint density at radius 1 is 1.00 bits per heavy atom. The van der Waals surface area contributed by atoms with Gasteiger partial charge in [-0.05, 0) is 72.8 Å². The highest BCUT2D eigenvalue weighted by atomic mass is 14.5. The van der Waals surface area contributed by atoms with Crippen LogP contribution in [-0.4, -0.2) is 0 Å². The molecule has 1 aromatic carbocycles. The molecule has 102 valence electrons. The minimum Gasteiger partial charge on any atom is -0.0620 e. The average Bonchev–Trinajstić information content (AvgIpc) is 2.46. The first-order valence-electron chi connectivity index (χ1n) is 8.36. The third kappa shape index (κ3) is 1.79. The number of hydrogen-bond acceptors (Lipinski definition) is 0. The number of benzene rings is 1. The van der Waals surface area contributed by atoms with Crippen molar-refractivity contribution in [2.75, 3.05) is 0 Å². The smallest absolute Gasteiger partial charge is 0.0128 e. The molecule has 0 nitrogen and oxygen atoms in total. The standard InChI is InChI=1S/C19H26/c1-19-12-5-4-8-18(19)17-10-9-14-6-2-3-7-15(14)16(17)11-13-19/h2-3,6-7,16-18H,4-5,8-13H2,1H3/t16-,17-,18+,19+/m1/s1. The lowest BCUT2D eigenvalue weighted by Gasteiger charge is -2.54. The van der Waals surface area contributed by atoms with Crippen LogP contribution in [-0.2, 0) is 6.42 Å². The summed E-state index contributed by atoms with van der Waals surface area (Å²) >= 11 is 0. The van der Waals surface area contributed by atoms with Crippen LogP contribution in [0.15, 0.2) is 24.3 Å². The molecular weight excluding hydrogens is 228 g/mol. The summed E-state index contributed by atoms with van der Waals surface area (Å²) in [6, 6.07) is 9.29. The second-order valence-corrected chi connectivity index (χ2v) is 7.55. The Morgan fingerprint density at radius 3 is 2.84 bits per heavy atom. The van der Waals surface area contributed by atoms with Gasteiger partial charge in [0.2, 0.25) is 0 Å². The van der Waals surface area contributed by atoms with Gasteiger partial charge in [0, 0.05) is 0 Å². The fourth-order valence-electron chi connectivity index (χ4n) is 5.68. The number of fused-ring (bicyclic) bond motifs is 5. The summed E-state index contributed by atoms with van der Waals surface area (Å²) in [6.45, 7) is 2.60. The molecule has 0 radical (unpaired) electrons. The van der Waals surface area contributed by atoms with Gasteiger partial charge in [-0.3, -0.25) is 0 Å². The van der Waals surface area contributed by atoms with Gasteiger partial charge in [0.15, 0.2) is 0 Å². The normalized spacial score (nSPS) is 41.0. The predicted octanol–water partition coefficient (Wildman–Crippen LogP) is 5.32. The van der Waals surface area contributed by atoms with Crippen LogP contribution in [0.3, 0.4) is 0 Å². The van der Waals surface area contributed by atoms with E-state index in [0.29, 0.717) is 5.41 Å². The van der Waals surface area contributed by atoms with Crippen LogP contribution >= 0.6 is 0 Å². The molecule has 0 N–H and O–H groups in total. The largest absolute Gasteiger partial charge is 0.0620 e. The minimum absolute atomic E-state index is 0.686. The molecule has 0 heteroatoms. The van der Waals surface area contributed by atoms with Crippen molar-refractivity contribution in [3.8, 4) is 0 Å². The lowest BCUT2D eigenvalue weighted by molar-refractivity contribution is -0.00420. The zero-order valence-electron chi connectivity index (χ0n) is 12.2. The lowest BCUT2D eigenvalue weighted by atomic mass is 9.51. The van der Waals surface area contributed by atoms with E-state index in [-0.39, 0.29) is 0 Å². The summed E-state index contributed by atoms with van der Waals surface area (Å²) in [5.41, 5.74) is 4.06. The molecule has 0 aliphatic heterocycles. The third-order valence-electron chi connectivity index (χ3n) is 6.67. The van der Waals surface area contributed by atoms with E-state index in [0.717, 1.165) is 17.8 Å². The van der Waals surface area contributed by atoms with E-state index in [4.69, 9.17) is 0 Å². The number of hydrogen-bond donors (Lipinski definition) is 0. The van der Waals surface area contributed by atoms with Crippen molar-refractivity contribution >= 4 is 0 Å². The zero-order valence-corrected chi connectivity index (χ0v) is 12.2. The Morgan fingerprint density at radius 2 is 1.89 bits per heavy atom. The average molecular weight is 254 g/mol. The molecule has 3 aliphatic rings. The zero-order chi connectivity index (χ0) is 12.9. The molecule has 4 rings (SSSR count). The Kier molecular flexibility index (Phi) is 2.76. The first-order chi connectivity index (χ1) is 9.28. The van der Waals surface area contributed by atoms with Gasteiger partial charge in [-0.15, -0.1) is 0 Å². The van der Waals surface area contributed by atoms with Crippen LogP contribution in [0.25, 0.3) is 0 Å². The van der Waals surface area contributed by atoms with Gasteiger partial charge in [0.05, 0.1) is 0 Å². The molecule has 0 aromatic heterocycles. The molecule has 0 unspecified atom stereocenters. The predicted molar refractivity (Wildman–Crippen MR) is 80.3 cm³/mol. The second-order valence-electron chi connectivity index (χ2n) is 7.55. The fraction of sp³-hybridized carbons (Fsp3) is 0.684. The van der Waals surface area contributed by atoms with Crippen molar-refractivity contribution in [1.29, 1.82) is 0 Å². The van der Waals surface area contributed by atoms with Crippen LogP contribution in [0, 0.1) is 17.3 Å². The van der Waals surface area contributed by atoms with Crippen molar-refractivity contribution in [2.24, 2.45) is 17.3 Å². The molecular formula is C19H26. The highest BCUT2D eigenvalue weighted by molar-refractivity contribution is 5.34. The Balaban J connectivity index is 1.70. The summed E-state index contributed by atoms with van der Waals surface area (Å²) < 4.78 is 0. The highest BCUT2D eigenvalue weighted by Gasteiger charge is 2.48. The van der Waals surface area contributed by atoms with Gasteiger partial charge >= 0.3 is 0 Å². The van der Waals surface area contributed by atoms with Gasteiger partial charge in [0.1, 0.15) is 0 Å². The topological polar surface area (TPSA) is 0 Å². The molecule has 0 spiro atoms. The monoisotopic (exact) mass is 254 g/mol. The summed E-state index contributed by atoms with van der Waals surface area (Å²) in [5, 5.41) is 0. The van der Waals surface area contributed by atoms with Gasteiger partial charge in [-0.25, -0.2) is 0 Å². The van der Waals surface area contributed by atoms with Crippen molar-refractivity contribution in [3.63, 3.8) is 0 Å². The minimum atomic E-state index is 0.686.